The molecule has 0 bridgehead atoms. The Morgan fingerprint density at radius 1 is 1.27 bits per heavy atom. The van der Waals surface area contributed by atoms with Crippen molar-refractivity contribution in [3.63, 3.8) is 0 Å². The second kappa shape index (κ2) is 4.53. The molecule has 0 spiro atoms. The van der Waals surface area contributed by atoms with Crippen LogP contribution in [0, 0.1) is 0 Å². The summed E-state index contributed by atoms with van der Waals surface area (Å²) in [7, 11) is 0. The fraction of sp³-hybridized carbons (Fsp3) is 0.222. The summed E-state index contributed by atoms with van der Waals surface area (Å²) in [6.45, 7) is 0. The number of nitrogens with one attached hydrogen (secondary N) is 1. The molecule has 15 heavy (non-hydrogen) atoms. The highest BCUT2D eigenvalue weighted by Crippen LogP contribution is 2.29. The van der Waals surface area contributed by atoms with Gasteiger partial charge < -0.3 is 5.32 Å². The van der Waals surface area contributed by atoms with Crippen LogP contribution in [0.2, 0.25) is 0 Å². The van der Waals surface area contributed by atoms with E-state index in [0.717, 1.165) is 12.1 Å². The van der Waals surface area contributed by atoms with E-state index in [1.807, 2.05) is 0 Å². The zero-order valence-corrected chi connectivity index (χ0v) is 8.19. The minimum absolute atomic E-state index is 0.235. The van der Waals surface area contributed by atoms with Crippen molar-refractivity contribution >= 4 is 23.2 Å². The first-order valence-corrected chi connectivity index (χ1v) is 4.50. The molecular weight excluding hydrogens is 231 g/mol. The van der Waals surface area contributed by atoms with Crippen LogP contribution in [0.25, 0.3) is 0 Å². The lowest BCUT2D eigenvalue weighted by molar-refractivity contribution is -0.137. The van der Waals surface area contributed by atoms with Gasteiger partial charge in [-0.3, -0.25) is 4.79 Å². The van der Waals surface area contributed by atoms with Gasteiger partial charge in [-0.05, 0) is 24.3 Å². The quantitative estimate of drug-likeness (QED) is 0.788. The summed E-state index contributed by atoms with van der Waals surface area (Å²) < 4.78 is 36.4. The summed E-state index contributed by atoms with van der Waals surface area (Å²) in [4.78, 5) is 10.8. The number of hydrogen-bond donors (Lipinski definition) is 1. The minimum Gasteiger partial charge on any atom is -0.325 e. The molecule has 0 aliphatic rings. The Hall–Kier alpha value is -1.23. The van der Waals surface area contributed by atoms with Crippen molar-refractivity contribution in [3.05, 3.63) is 29.8 Å². The largest absolute Gasteiger partial charge is 0.416 e. The van der Waals surface area contributed by atoms with Gasteiger partial charge in [0.05, 0.1) is 5.56 Å². The van der Waals surface area contributed by atoms with Crippen LogP contribution in [0.1, 0.15) is 5.56 Å². The van der Waals surface area contributed by atoms with Crippen molar-refractivity contribution < 1.29 is 18.0 Å². The molecule has 1 aromatic rings. The average molecular weight is 238 g/mol. The number of carbonyl (C=O) groups is 1. The van der Waals surface area contributed by atoms with Crippen LogP contribution in [0.3, 0.4) is 0 Å². The molecule has 0 heterocycles. The standard InChI is InChI=1S/C9H7ClF3NO/c10-5-8(15)14-7-3-1-6(2-4-7)9(11,12)13/h1-4H,5H2,(H,14,15). The molecule has 2 nitrogen and oxygen atoms in total. The van der Waals surface area contributed by atoms with E-state index in [4.69, 9.17) is 11.6 Å². The topological polar surface area (TPSA) is 29.1 Å². The second-order valence-electron chi connectivity index (χ2n) is 2.76. The normalized spacial score (nSPS) is 11.2. The van der Waals surface area contributed by atoms with E-state index < -0.39 is 17.6 Å². The third kappa shape index (κ3) is 3.43. The fourth-order valence-electron chi connectivity index (χ4n) is 0.937. The number of benzene rings is 1. The van der Waals surface area contributed by atoms with Crippen molar-refractivity contribution in [2.45, 2.75) is 6.18 Å². The van der Waals surface area contributed by atoms with Gasteiger partial charge in [0.25, 0.3) is 0 Å². The number of rotatable bonds is 2. The SMILES string of the molecule is O=C(CCl)Nc1ccc(C(F)(F)F)cc1. The van der Waals surface area contributed by atoms with E-state index in [2.05, 4.69) is 5.32 Å². The summed E-state index contributed by atoms with van der Waals surface area (Å²) in [5.74, 6) is -0.697. The number of anilines is 1. The summed E-state index contributed by atoms with van der Waals surface area (Å²) in [6.07, 6.45) is -4.37. The smallest absolute Gasteiger partial charge is 0.325 e. The molecule has 0 atom stereocenters. The van der Waals surface area contributed by atoms with Gasteiger partial charge in [-0.15, -0.1) is 11.6 Å². The summed E-state index contributed by atoms with van der Waals surface area (Å²) in [5, 5.41) is 2.33. The van der Waals surface area contributed by atoms with E-state index in [-0.39, 0.29) is 11.6 Å². The molecule has 82 valence electrons. The number of alkyl halides is 4. The van der Waals surface area contributed by atoms with Gasteiger partial charge in [0, 0.05) is 5.69 Å². The molecular formula is C9H7ClF3NO. The zero-order valence-electron chi connectivity index (χ0n) is 7.44. The zero-order chi connectivity index (χ0) is 11.5. The van der Waals surface area contributed by atoms with Crippen LogP contribution in [-0.4, -0.2) is 11.8 Å². The molecule has 0 fully saturated rings. The Bertz CT molecular complexity index is 347. The monoisotopic (exact) mass is 237 g/mol. The molecule has 0 aromatic heterocycles. The molecule has 0 radical (unpaired) electrons. The van der Waals surface area contributed by atoms with Crippen LogP contribution < -0.4 is 5.32 Å². The van der Waals surface area contributed by atoms with Crippen LogP contribution >= 0.6 is 11.6 Å². The lowest BCUT2D eigenvalue weighted by Gasteiger charge is -2.07. The van der Waals surface area contributed by atoms with E-state index in [9.17, 15) is 18.0 Å². The Balaban J connectivity index is 2.77. The first kappa shape index (κ1) is 11.8. The van der Waals surface area contributed by atoms with Gasteiger partial charge in [-0.1, -0.05) is 0 Å². The lowest BCUT2D eigenvalue weighted by Crippen LogP contribution is -2.12. The Labute approximate surface area is 89.0 Å². The van der Waals surface area contributed by atoms with Crippen molar-refractivity contribution in [2.24, 2.45) is 0 Å². The first-order chi connectivity index (χ1) is 6.93. The predicted octanol–water partition coefficient (Wildman–Crippen LogP) is 2.88. The maximum absolute atomic E-state index is 12.1. The van der Waals surface area contributed by atoms with Gasteiger partial charge in [-0.2, -0.15) is 13.2 Å². The highest BCUT2D eigenvalue weighted by molar-refractivity contribution is 6.29. The van der Waals surface area contributed by atoms with Gasteiger partial charge in [0.15, 0.2) is 0 Å². The van der Waals surface area contributed by atoms with Gasteiger partial charge in [0.2, 0.25) is 5.91 Å². The maximum Gasteiger partial charge on any atom is 0.416 e. The maximum atomic E-state index is 12.1. The molecule has 1 aromatic carbocycles. The second-order valence-corrected chi connectivity index (χ2v) is 3.02. The van der Waals surface area contributed by atoms with E-state index in [0.29, 0.717) is 0 Å². The highest BCUT2D eigenvalue weighted by atomic mass is 35.5. The Morgan fingerprint density at radius 2 is 1.80 bits per heavy atom. The number of halogens is 4. The number of carbonyl (C=O) groups excluding carboxylic acids is 1. The predicted molar refractivity (Wildman–Crippen MR) is 50.8 cm³/mol. The third-order valence-corrected chi connectivity index (χ3v) is 1.86. The summed E-state index contributed by atoms with van der Waals surface area (Å²) in [6, 6.07) is 4.13. The first-order valence-electron chi connectivity index (χ1n) is 3.96. The molecule has 0 aliphatic heterocycles. The Morgan fingerprint density at radius 3 is 2.20 bits per heavy atom. The molecule has 1 N–H and O–H groups in total. The lowest BCUT2D eigenvalue weighted by atomic mass is 10.2. The molecule has 6 heteroatoms. The van der Waals surface area contributed by atoms with E-state index in [1.54, 1.807) is 0 Å². The van der Waals surface area contributed by atoms with Gasteiger partial charge in [0.1, 0.15) is 5.88 Å². The molecule has 0 unspecified atom stereocenters. The molecule has 0 saturated heterocycles. The molecule has 0 aliphatic carbocycles. The van der Waals surface area contributed by atoms with Crippen LogP contribution in [0.5, 0.6) is 0 Å². The summed E-state index contributed by atoms with van der Waals surface area (Å²) >= 11 is 5.21. The molecule has 0 saturated carbocycles. The third-order valence-electron chi connectivity index (χ3n) is 1.62. The van der Waals surface area contributed by atoms with E-state index in [1.165, 1.54) is 12.1 Å². The van der Waals surface area contributed by atoms with Crippen molar-refractivity contribution in [3.8, 4) is 0 Å². The Kier molecular flexibility index (Phi) is 3.57. The van der Waals surface area contributed by atoms with Gasteiger partial charge in [-0.25, -0.2) is 0 Å². The average Bonchev–Trinajstić information content (AvgIpc) is 2.17. The number of hydrogen-bond acceptors (Lipinski definition) is 1. The van der Waals surface area contributed by atoms with Crippen LogP contribution in [0.4, 0.5) is 18.9 Å². The van der Waals surface area contributed by atoms with Gasteiger partial charge >= 0.3 is 6.18 Å². The highest BCUT2D eigenvalue weighted by Gasteiger charge is 2.29. The van der Waals surface area contributed by atoms with Crippen molar-refractivity contribution in [1.29, 1.82) is 0 Å². The van der Waals surface area contributed by atoms with Crippen LogP contribution in [-0.2, 0) is 11.0 Å². The van der Waals surface area contributed by atoms with Crippen molar-refractivity contribution in [1.82, 2.24) is 0 Å². The van der Waals surface area contributed by atoms with Crippen molar-refractivity contribution in [2.75, 3.05) is 11.2 Å². The summed E-state index contributed by atoms with van der Waals surface area (Å²) in [5.41, 5.74) is -0.472. The molecule has 1 rings (SSSR count). The molecule has 1 amide bonds. The van der Waals surface area contributed by atoms with E-state index >= 15 is 0 Å². The fourth-order valence-corrected chi connectivity index (χ4v) is 1.00. The minimum atomic E-state index is -4.37. The van der Waals surface area contributed by atoms with Crippen LogP contribution in [0.15, 0.2) is 24.3 Å². The number of amides is 1.